The lowest BCUT2D eigenvalue weighted by atomic mass is 9.74. The molecule has 0 aliphatic heterocycles. The normalized spacial score (nSPS) is 30.6. The van der Waals surface area contributed by atoms with Crippen LogP contribution < -0.4 is 5.32 Å². The van der Waals surface area contributed by atoms with Gasteiger partial charge in [-0.3, -0.25) is 0 Å². The Balaban J connectivity index is 1.77. The molecule has 2 nitrogen and oxygen atoms in total. The Bertz CT molecular complexity index is 504. The molecule has 2 saturated carbocycles. The number of anilines is 1. The number of halogens is 1. The molecule has 2 aliphatic rings. The second-order valence-electron chi connectivity index (χ2n) is 6.02. The molecule has 0 bridgehead atoms. The monoisotopic (exact) mass is 258 g/mol. The maximum Gasteiger partial charge on any atom is 0.125 e. The fourth-order valence-corrected chi connectivity index (χ4v) is 3.37. The van der Waals surface area contributed by atoms with Gasteiger partial charge in [0.2, 0.25) is 0 Å². The second kappa shape index (κ2) is 4.85. The molecule has 100 valence electrons. The highest BCUT2D eigenvalue weighted by molar-refractivity contribution is 5.48. The quantitative estimate of drug-likeness (QED) is 0.886. The third-order valence-electron chi connectivity index (χ3n) is 4.50. The predicted molar refractivity (Wildman–Crippen MR) is 73.0 cm³/mol. The number of rotatable bonds is 3. The van der Waals surface area contributed by atoms with E-state index in [0.717, 1.165) is 30.9 Å². The zero-order chi connectivity index (χ0) is 13.3. The Morgan fingerprint density at radius 3 is 2.79 bits per heavy atom. The molecule has 0 aromatic heterocycles. The topological polar surface area (TPSA) is 35.8 Å². The van der Waals surface area contributed by atoms with Crippen LogP contribution in [0.4, 0.5) is 10.1 Å². The fraction of sp³-hybridized carbons (Fsp3) is 0.562. The molecule has 3 heteroatoms. The van der Waals surface area contributed by atoms with Crippen LogP contribution in [0.25, 0.3) is 0 Å². The Hall–Kier alpha value is -1.56. The molecule has 1 N–H and O–H groups in total. The van der Waals surface area contributed by atoms with Crippen LogP contribution in [0.1, 0.15) is 38.5 Å². The Labute approximate surface area is 113 Å². The molecule has 2 atom stereocenters. The fourth-order valence-electron chi connectivity index (χ4n) is 3.37. The van der Waals surface area contributed by atoms with E-state index in [9.17, 15) is 9.65 Å². The lowest BCUT2D eigenvalue weighted by Crippen LogP contribution is -2.42. The molecule has 2 aliphatic carbocycles. The van der Waals surface area contributed by atoms with Crippen LogP contribution in [0.3, 0.4) is 0 Å². The number of nitriles is 1. The van der Waals surface area contributed by atoms with Gasteiger partial charge in [-0.15, -0.1) is 0 Å². The molecule has 0 amide bonds. The van der Waals surface area contributed by atoms with E-state index in [-0.39, 0.29) is 5.82 Å². The first kappa shape index (κ1) is 12.5. The van der Waals surface area contributed by atoms with Crippen LogP contribution in [0.2, 0.25) is 0 Å². The third kappa shape index (κ3) is 2.73. The molecule has 2 unspecified atom stereocenters. The van der Waals surface area contributed by atoms with Crippen LogP contribution >= 0.6 is 0 Å². The van der Waals surface area contributed by atoms with Gasteiger partial charge >= 0.3 is 0 Å². The minimum atomic E-state index is -0.501. The van der Waals surface area contributed by atoms with Gasteiger partial charge in [0.05, 0.1) is 6.07 Å². The second-order valence-corrected chi connectivity index (χ2v) is 6.02. The molecule has 0 heterocycles. The van der Waals surface area contributed by atoms with E-state index >= 15 is 0 Å². The molecular formula is C16H19FN2. The lowest BCUT2D eigenvalue weighted by Gasteiger charge is -2.37. The van der Waals surface area contributed by atoms with Crippen molar-refractivity contribution in [2.45, 2.75) is 44.1 Å². The molecule has 3 rings (SSSR count). The van der Waals surface area contributed by atoms with Crippen molar-refractivity contribution in [3.05, 3.63) is 30.1 Å². The van der Waals surface area contributed by atoms with E-state index < -0.39 is 5.54 Å². The van der Waals surface area contributed by atoms with Gasteiger partial charge < -0.3 is 5.32 Å². The predicted octanol–water partition coefficient (Wildman–Crippen LogP) is 4.10. The van der Waals surface area contributed by atoms with Crippen molar-refractivity contribution in [1.29, 1.82) is 5.26 Å². The summed E-state index contributed by atoms with van der Waals surface area (Å²) in [7, 11) is 0. The van der Waals surface area contributed by atoms with E-state index in [1.807, 2.05) is 6.07 Å². The number of nitrogens with zero attached hydrogens (tertiary/aromatic N) is 1. The summed E-state index contributed by atoms with van der Waals surface area (Å²) < 4.78 is 13.2. The summed E-state index contributed by atoms with van der Waals surface area (Å²) in [6.07, 6.45) is 6.77. The standard InChI is InChI=1S/C16H19FN2/c17-14-4-1-5-15(9-14)19-16(11-18)8-2-3-13(10-16)12-6-7-12/h1,4-5,9,12-13,19H,2-3,6-8,10H2. The van der Waals surface area contributed by atoms with Crippen molar-refractivity contribution in [3.8, 4) is 6.07 Å². The number of hydrogen-bond donors (Lipinski definition) is 1. The van der Waals surface area contributed by atoms with Crippen molar-refractivity contribution in [2.24, 2.45) is 11.8 Å². The van der Waals surface area contributed by atoms with Crippen molar-refractivity contribution in [1.82, 2.24) is 0 Å². The zero-order valence-electron chi connectivity index (χ0n) is 11.0. The van der Waals surface area contributed by atoms with Gasteiger partial charge in [0.25, 0.3) is 0 Å². The van der Waals surface area contributed by atoms with E-state index in [0.29, 0.717) is 5.92 Å². The maximum absolute atomic E-state index is 13.2. The first-order valence-corrected chi connectivity index (χ1v) is 7.16. The number of hydrogen-bond acceptors (Lipinski definition) is 2. The highest BCUT2D eigenvalue weighted by Gasteiger charge is 2.42. The molecule has 1 aromatic rings. The summed E-state index contributed by atoms with van der Waals surface area (Å²) in [4.78, 5) is 0. The molecule has 0 spiro atoms. The van der Waals surface area contributed by atoms with Crippen LogP contribution in [-0.2, 0) is 0 Å². The minimum absolute atomic E-state index is 0.257. The summed E-state index contributed by atoms with van der Waals surface area (Å²) in [5.74, 6) is 1.25. The van der Waals surface area contributed by atoms with Crippen molar-refractivity contribution >= 4 is 5.69 Å². The summed E-state index contributed by atoms with van der Waals surface area (Å²) in [5, 5.41) is 12.9. The summed E-state index contributed by atoms with van der Waals surface area (Å²) >= 11 is 0. The van der Waals surface area contributed by atoms with Gasteiger partial charge in [-0.1, -0.05) is 6.07 Å². The van der Waals surface area contributed by atoms with Gasteiger partial charge in [-0.05, 0) is 68.6 Å². The van der Waals surface area contributed by atoms with Crippen molar-refractivity contribution in [2.75, 3.05) is 5.32 Å². The molecule has 19 heavy (non-hydrogen) atoms. The maximum atomic E-state index is 13.2. The average Bonchev–Trinajstić information content (AvgIpc) is 3.23. The van der Waals surface area contributed by atoms with Gasteiger partial charge in [0.15, 0.2) is 0 Å². The average molecular weight is 258 g/mol. The molecule has 1 aromatic carbocycles. The Kier molecular flexibility index (Phi) is 3.18. The van der Waals surface area contributed by atoms with Gasteiger partial charge in [-0.2, -0.15) is 5.26 Å². The third-order valence-corrected chi connectivity index (χ3v) is 4.50. The summed E-state index contributed by atoms with van der Waals surface area (Å²) in [5.41, 5.74) is 0.220. The van der Waals surface area contributed by atoms with E-state index in [4.69, 9.17) is 0 Å². The Morgan fingerprint density at radius 2 is 2.11 bits per heavy atom. The van der Waals surface area contributed by atoms with Crippen LogP contribution in [0, 0.1) is 29.0 Å². The van der Waals surface area contributed by atoms with E-state index in [1.54, 1.807) is 6.07 Å². The van der Waals surface area contributed by atoms with E-state index in [2.05, 4.69) is 11.4 Å². The smallest absolute Gasteiger partial charge is 0.125 e. The molecular weight excluding hydrogens is 239 g/mol. The van der Waals surface area contributed by atoms with Crippen molar-refractivity contribution < 1.29 is 4.39 Å². The molecule has 0 saturated heterocycles. The zero-order valence-corrected chi connectivity index (χ0v) is 11.0. The molecule has 0 radical (unpaired) electrons. The SMILES string of the molecule is N#CC1(Nc2cccc(F)c2)CCCC(C2CC2)C1. The number of benzene rings is 1. The Morgan fingerprint density at radius 1 is 1.26 bits per heavy atom. The highest BCUT2D eigenvalue weighted by Crippen LogP contribution is 2.47. The van der Waals surface area contributed by atoms with E-state index in [1.165, 1.54) is 31.4 Å². The summed E-state index contributed by atoms with van der Waals surface area (Å²) in [6.45, 7) is 0. The first-order chi connectivity index (χ1) is 9.21. The van der Waals surface area contributed by atoms with Gasteiger partial charge in [-0.25, -0.2) is 4.39 Å². The minimum Gasteiger partial charge on any atom is -0.367 e. The summed E-state index contributed by atoms with van der Waals surface area (Å²) in [6, 6.07) is 8.89. The lowest BCUT2D eigenvalue weighted by molar-refractivity contribution is 0.263. The van der Waals surface area contributed by atoms with Crippen LogP contribution in [0.15, 0.2) is 24.3 Å². The van der Waals surface area contributed by atoms with Crippen molar-refractivity contribution in [3.63, 3.8) is 0 Å². The van der Waals surface area contributed by atoms with Gasteiger partial charge in [0.1, 0.15) is 11.4 Å². The van der Waals surface area contributed by atoms with Crippen LogP contribution in [0.5, 0.6) is 0 Å². The van der Waals surface area contributed by atoms with Crippen LogP contribution in [-0.4, -0.2) is 5.54 Å². The first-order valence-electron chi connectivity index (χ1n) is 7.16. The van der Waals surface area contributed by atoms with Gasteiger partial charge in [0, 0.05) is 5.69 Å². The highest BCUT2D eigenvalue weighted by atomic mass is 19.1. The number of nitrogens with one attached hydrogen (secondary N) is 1. The largest absolute Gasteiger partial charge is 0.367 e. The molecule has 2 fully saturated rings.